The van der Waals surface area contributed by atoms with Crippen molar-refractivity contribution in [2.75, 3.05) is 17.4 Å². The molecule has 0 heterocycles. The van der Waals surface area contributed by atoms with Gasteiger partial charge in [-0.05, 0) is 54.4 Å². The van der Waals surface area contributed by atoms with Crippen LogP contribution in [0.2, 0.25) is 15.1 Å². The molecule has 0 aliphatic heterocycles. The lowest BCUT2D eigenvalue weighted by atomic mass is 10.0. The fourth-order valence-corrected chi connectivity index (χ4v) is 6.78. The van der Waals surface area contributed by atoms with Gasteiger partial charge in [0.15, 0.2) is 0 Å². The molecular weight excluding hydrogens is 629 g/mol. The van der Waals surface area contributed by atoms with E-state index in [0.717, 1.165) is 9.87 Å². The van der Waals surface area contributed by atoms with Crippen molar-refractivity contribution in [3.8, 4) is 0 Å². The molecule has 0 aliphatic carbocycles. The van der Waals surface area contributed by atoms with Crippen LogP contribution in [0, 0.1) is 0 Å². The summed E-state index contributed by atoms with van der Waals surface area (Å²) in [6.07, 6.45) is 0.190. The molecule has 0 unspecified atom stereocenters. The first-order valence-corrected chi connectivity index (χ1v) is 16.1. The Morgan fingerprint density at radius 1 is 0.814 bits per heavy atom. The predicted molar refractivity (Wildman–Crippen MR) is 172 cm³/mol. The molecule has 2 amide bonds. The Labute approximate surface area is 267 Å². The number of carbonyl (C=O) groups is 2. The molecule has 11 heteroatoms. The summed E-state index contributed by atoms with van der Waals surface area (Å²) in [5.74, 6) is -1.01. The second-order valence-corrected chi connectivity index (χ2v) is 12.7. The summed E-state index contributed by atoms with van der Waals surface area (Å²) in [5.41, 5.74) is 1.49. The van der Waals surface area contributed by atoms with E-state index in [1.54, 1.807) is 49.4 Å². The van der Waals surface area contributed by atoms with Gasteiger partial charge in [0, 0.05) is 29.6 Å². The van der Waals surface area contributed by atoms with Crippen molar-refractivity contribution in [2.24, 2.45) is 0 Å². The zero-order valence-corrected chi connectivity index (χ0v) is 26.4. The summed E-state index contributed by atoms with van der Waals surface area (Å²) in [4.78, 5) is 29.2. The number of sulfonamides is 1. The summed E-state index contributed by atoms with van der Waals surface area (Å²) < 4.78 is 28.9. The molecule has 0 aromatic heterocycles. The van der Waals surface area contributed by atoms with Crippen molar-refractivity contribution < 1.29 is 18.0 Å². The Kier molecular flexibility index (Phi) is 11.1. The number of benzene rings is 4. The summed E-state index contributed by atoms with van der Waals surface area (Å²) >= 11 is 19.1. The van der Waals surface area contributed by atoms with E-state index in [4.69, 9.17) is 34.8 Å². The highest BCUT2D eigenvalue weighted by molar-refractivity contribution is 7.92. The lowest BCUT2D eigenvalue weighted by Crippen LogP contribution is -2.53. The fraction of sp³-hybridized carbons (Fsp3) is 0.188. The highest BCUT2D eigenvalue weighted by atomic mass is 35.5. The Morgan fingerprint density at radius 2 is 1.44 bits per heavy atom. The number of anilines is 1. The summed E-state index contributed by atoms with van der Waals surface area (Å²) in [7, 11) is -4.28. The van der Waals surface area contributed by atoms with Crippen molar-refractivity contribution >= 4 is 62.3 Å². The van der Waals surface area contributed by atoms with E-state index in [1.165, 1.54) is 35.2 Å². The zero-order valence-electron chi connectivity index (χ0n) is 23.3. The van der Waals surface area contributed by atoms with E-state index in [1.807, 2.05) is 30.3 Å². The average molecular weight is 659 g/mol. The molecular formula is C32H30Cl3N3O4S. The number of hydrogen-bond donors (Lipinski definition) is 1. The summed E-state index contributed by atoms with van der Waals surface area (Å²) in [5, 5.41) is 3.58. The molecule has 0 saturated heterocycles. The molecule has 0 spiro atoms. The van der Waals surface area contributed by atoms with Crippen LogP contribution in [0.1, 0.15) is 18.1 Å². The minimum atomic E-state index is -4.28. The number of nitrogens with zero attached hydrogens (tertiary/aromatic N) is 2. The third-order valence-electron chi connectivity index (χ3n) is 6.71. The molecule has 0 fully saturated rings. The van der Waals surface area contributed by atoms with Crippen LogP contribution in [-0.4, -0.2) is 44.3 Å². The molecule has 1 N–H and O–H groups in total. The van der Waals surface area contributed by atoms with Crippen LogP contribution in [0.4, 0.5) is 5.69 Å². The van der Waals surface area contributed by atoms with Crippen molar-refractivity contribution in [3.05, 3.63) is 129 Å². The van der Waals surface area contributed by atoms with Crippen LogP contribution in [-0.2, 0) is 32.6 Å². The minimum absolute atomic E-state index is 0.0315. The van der Waals surface area contributed by atoms with Gasteiger partial charge in [-0.25, -0.2) is 8.42 Å². The summed E-state index contributed by atoms with van der Waals surface area (Å²) in [6, 6.07) is 27.4. The van der Waals surface area contributed by atoms with Crippen LogP contribution >= 0.6 is 34.8 Å². The molecule has 0 aliphatic rings. The van der Waals surface area contributed by atoms with Gasteiger partial charge in [0.2, 0.25) is 11.8 Å². The number of hydrogen-bond acceptors (Lipinski definition) is 4. The van der Waals surface area contributed by atoms with Gasteiger partial charge < -0.3 is 10.2 Å². The smallest absolute Gasteiger partial charge is 0.264 e. The SMILES string of the molecule is CCNC(=O)[C@@H](Cc1ccccc1)N(Cc1ccccc1Cl)C(=O)CN(c1ccc(Cl)cc1Cl)S(=O)(=O)c1ccccc1. The second kappa shape index (κ2) is 14.8. The lowest BCUT2D eigenvalue weighted by molar-refractivity contribution is -0.140. The fourth-order valence-electron chi connectivity index (χ4n) is 4.57. The van der Waals surface area contributed by atoms with Gasteiger partial charge >= 0.3 is 0 Å². The van der Waals surface area contributed by atoms with E-state index < -0.39 is 28.5 Å². The number of rotatable bonds is 12. The van der Waals surface area contributed by atoms with Crippen LogP contribution in [0.5, 0.6) is 0 Å². The molecule has 0 radical (unpaired) electrons. The van der Waals surface area contributed by atoms with Gasteiger partial charge in [-0.3, -0.25) is 13.9 Å². The third-order valence-corrected chi connectivity index (χ3v) is 9.39. The molecule has 4 rings (SSSR count). The van der Waals surface area contributed by atoms with Crippen LogP contribution < -0.4 is 9.62 Å². The van der Waals surface area contributed by atoms with Gasteiger partial charge in [-0.2, -0.15) is 0 Å². The highest BCUT2D eigenvalue weighted by Crippen LogP contribution is 2.33. The van der Waals surface area contributed by atoms with E-state index in [2.05, 4.69) is 5.32 Å². The second-order valence-electron chi connectivity index (χ2n) is 9.63. The van der Waals surface area contributed by atoms with Gasteiger partial charge in [0.1, 0.15) is 12.6 Å². The van der Waals surface area contributed by atoms with E-state index in [-0.39, 0.29) is 34.5 Å². The van der Waals surface area contributed by atoms with Crippen molar-refractivity contribution in [3.63, 3.8) is 0 Å². The highest BCUT2D eigenvalue weighted by Gasteiger charge is 2.35. The topological polar surface area (TPSA) is 86.8 Å². The van der Waals surface area contributed by atoms with E-state index >= 15 is 0 Å². The number of halogens is 3. The quantitative estimate of drug-likeness (QED) is 0.185. The van der Waals surface area contributed by atoms with Crippen molar-refractivity contribution in [1.29, 1.82) is 0 Å². The molecule has 4 aromatic rings. The van der Waals surface area contributed by atoms with Crippen LogP contribution in [0.3, 0.4) is 0 Å². The average Bonchev–Trinajstić information content (AvgIpc) is 3.00. The third kappa shape index (κ3) is 8.09. The van der Waals surface area contributed by atoms with Crippen LogP contribution in [0.15, 0.2) is 108 Å². The maximum atomic E-state index is 14.4. The zero-order chi connectivity index (χ0) is 31.0. The number of likely N-dealkylation sites (N-methyl/N-ethyl adjacent to an activating group) is 1. The lowest BCUT2D eigenvalue weighted by Gasteiger charge is -2.34. The van der Waals surface area contributed by atoms with Gasteiger partial charge in [-0.1, -0.05) is 102 Å². The monoisotopic (exact) mass is 657 g/mol. The Hall–Kier alpha value is -3.56. The largest absolute Gasteiger partial charge is 0.355 e. The van der Waals surface area contributed by atoms with E-state index in [0.29, 0.717) is 22.2 Å². The number of amides is 2. The first kappa shape index (κ1) is 32.4. The number of carbonyl (C=O) groups excluding carboxylic acids is 2. The predicted octanol–water partition coefficient (Wildman–Crippen LogP) is 6.62. The summed E-state index contributed by atoms with van der Waals surface area (Å²) in [6.45, 7) is 1.44. The molecule has 0 saturated carbocycles. The van der Waals surface area contributed by atoms with Gasteiger partial charge in [-0.15, -0.1) is 0 Å². The maximum Gasteiger partial charge on any atom is 0.264 e. The first-order valence-electron chi connectivity index (χ1n) is 13.5. The van der Waals surface area contributed by atoms with Gasteiger partial charge in [0.25, 0.3) is 10.0 Å². The Bertz CT molecular complexity index is 1670. The normalized spacial score (nSPS) is 11.9. The Morgan fingerprint density at radius 3 is 2.07 bits per heavy atom. The minimum Gasteiger partial charge on any atom is -0.355 e. The van der Waals surface area contributed by atoms with E-state index in [9.17, 15) is 18.0 Å². The first-order chi connectivity index (χ1) is 20.6. The standard InChI is InChI=1S/C32H30Cl3N3O4S/c1-2-36-32(40)30(19-23-11-5-3-6-12-23)37(21-24-13-9-10-16-27(24)34)31(39)22-38(29-18-17-25(33)20-28(29)35)43(41,42)26-14-7-4-8-15-26/h3-18,20,30H,2,19,21-22H2,1H3,(H,36,40)/t30-/m1/s1. The number of nitrogens with one attached hydrogen (secondary N) is 1. The maximum absolute atomic E-state index is 14.4. The molecule has 1 atom stereocenters. The van der Waals surface area contributed by atoms with Gasteiger partial charge in [0.05, 0.1) is 15.6 Å². The molecule has 43 heavy (non-hydrogen) atoms. The van der Waals surface area contributed by atoms with Crippen molar-refractivity contribution in [2.45, 2.75) is 30.8 Å². The molecule has 0 bridgehead atoms. The molecule has 7 nitrogen and oxygen atoms in total. The Balaban J connectivity index is 1.82. The van der Waals surface area contributed by atoms with Crippen molar-refractivity contribution in [1.82, 2.24) is 10.2 Å². The molecule has 4 aromatic carbocycles. The molecule has 224 valence electrons. The van der Waals surface area contributed by atoms with Crippen LogP contribution in [0.25, 0.3) is 0 Å².